The molecule has 1 N–H and O–H groups in total. The number of aromatic nitrogens is 5. The molecule has 1 aromatic carbocycles. The fraction of sp³-hybridized carbons (Fsp3) is 0.111. The Morgan fingerprint density at radius 1 is 1.12 bits per heavy atom. The van der Waals surface area contributed by atoms with Gasteiger partial charge in [-0.1, -0.05) is 35.3 Å². The van der Waals surface area contributed by atoms with Crippen molar-refractivity contribution < 1.29 is 0 Å². The summed E-state index contributed by atoms with van der Waals surface area (Å²) in [4.78, 5) is 27.9. The predicted octanol–water partition coefficient (Wildman–Crippen LogP) is 3.73. The van der Waals surface area contributed by atoms with Gasteiger partial charge < -0.3 is 9.55 Å². The lowest BCUT2D eigenvalue weighted by atomic mass is 10.2. The van der Waals surface area contributed by atoms with E-state index in [1.165, 1.54) is 12.4 Å². The number of imidazole rings is 1. The second kappa shape index (κ2) is 6.90. The highest BCUT2D eigenvalue weighted by atomic mass is 35.5. The van der Waals surface area contributed by atoms with Crippen LogP contribution in [0, 0.1) is 0 Å². The molecule has 26 heavy (non-hydrogen) atoms. The van der Waals surface area contributed by atoms with Gasteiger partial charge in [0.2, 0.25) is 0 Å². The van der Waals surface area contributed by atoms with E-state index in [4.69, 9.17) is 23.2 Å². The molecule has 3 heterocycles. The molecule has 0 saturated carbocycles. The van der Waals surface area contributed by atoms with E-state index in [1.807, 2.05) is 29.0 Å². The highest BCUT2D eigenvalue weighted by Gasteiger charge is 2.14. The minimum absolute atomic E-state index is 0.142. The van der Waals surface area contributed by atoms with E-state index in [0.29, 0.717) is 51.1 Å². The fourth-order valence-electron chi connectivity index (χ4n) is 2.82. The number of pyridine rings is 1. The Hall–Kier alpha value is -2.70. The minimum atomic E-state index is -0.142. The molecular formula is C18H13Cl2N5O. The Labute approximate surface area is 158 Å². The zero-order chi connectivity index (χ0) is 18.1. The molecule has 0 unspecified atom stereocenters. The Balaban J connectivity index is 1.64. The molecule has 0 saturated heterocycles. The summed E-state index contributed by atoms with van der Waals surface area (Å²) in [6.45, 7) is 0.561. The van der Waals surface area contributed by atoms with Crippen LogP contribution in [-0.2, 0) is 13.0 Å². The molecule has 0 radical (unpaired) electrons. The number of benzene rings is 1. The highest BCUT2D eigenvalue weighted by molar-refractivity contribution is 6.38. The fourth-order valence-corrected chi connectivity index (χ4v) is 3.36. The van der Waals surface area contributed by atoms with Crippen molar-refractivity contribution in [2.75, 3.05) is 0 Å². The van der Waals surface area contributed by atoms with Crippen molar-refractivity contribution in [1.29, 1.82) is 0 Å². The van der Waals surface area contributed by atoms with Gasteiger partial charge in [-0.05, 0) is 12.1 Å². The molecule has 4 aromatic rings. The van der Waals surface area contributed by atoms with Crippen LogP contribution >= 0.6 is 23.2 Å². The van der Waals surface area contributed by atoms with Crippen LogP contribution in [0.3, 0.4) is 0 Å². The van der Waals surface area contributed by atoms with Gasteiger partial charge in [0, 0.05) is 37.8 Å². The van der Waals surface area contributed by atoms with E-state index in [2.05, 4.69) is 19.9 Å². The first-order valence-electron chi connectivity index (χ1n) is 7.92. The summed E-state index contributed by atoms with van der Waals surface area (Å²) in [6, 6.07) is 7.26. The molecule has 0 aliphatic heterocycles. The van der Waals surface area contributed by atoms with Gasteiger partial charge >= 0.3 is 0 Å². The first-order valence-corrected chi connectivity index (χ1v) is 8.67. The summed E-state index contributed by atoms with van der Waals surface area (Å²) in [5.41, 5.74) is 1.17. The normalized spacial score (nSPS) is 11.2. The molecule has 0 atom stereocenters. The molecule has 0 bridgehead atoms. The number of para-hydroxylation sites is 1. The van der Waals surface area contributed by atoms with Gasteiger partial charge in [0.25, 0.3) is 5.56 Å². The zero-order valence-electron chi connectivity index (χ0n) is 13.5. The summed E-state index contributed by atoms with van der Waals surface area (Å²) in [5.74, 6) is 1.26. The van der Waals surface area contributed by atoms with Gasteiger partial charge in [0.15, 0.2) is 0 Å². The van der Waals surface area contributed by atoms with Gasteiger partial charge in [-0.3, -0.25) is 9.78 Å². The molecule has 0 spiro atoms. The number of nitrogens with zero attached hydrogens (tertiary/aromatic N) is 4. The average molecular weight is 386 g/mol. The molecule has 0 amide bonds. The summed E-state index contributed by atoms with van der Waals surface area (Å²) < 4.78 is 1.92. The van der Waals surface area contributed by atoms with E-state index in [1.54, 1.807) is 12.3 Å². The Morgan fingerprint density at radius 2 is 1.88 bits per heavy atom. The van der Waals surface area contributed by atoms with Crippen LogP contribution in [0.4, 0.5) is 0 Å². The molecule has 3 aromatic heterocycles. The third kappa shape index (κ3) is 3.09. The maximum absolute atomic E-state index is 12.2. The average Bonchev–Trinajstić information content (AvgIpc) is 3.08. The molecule has 4 rings (SSSR count). The molecule has 130 valence electrons. The van der Waals surface area contributed by atoms with E-state index in [0.717, 1.165) is 0 Å². The van der Waals surface area contributed by atoms with Crippen molar-refractivity contribution in [2.24, 2.45) is 0 Å². The van der Waals surface area contributed by atoms with Crippen molar-refractivity contribution in [3.05, 3.63) is 75.3 Å². The van der Waals surface area contributed by atoms with Crippen molar-refractivity contribution in [2.45, 2.75) is 13.0 Å². The first kappa shape index (κ1) is 16.8. The summed E-state index contributed by atoms with van der Waals surface area (Å²) in [7, 11) is 0. The van der Waals surface area contributed by atoms with E-state index < -0.39 is 0 Å². The Kier molecular flexibility index (Phi) is 4.44. The standard InChI is InChI=1S/C18H13Cl2N5O/c19-12-9-21-10-13(20)16(12)17-22-6-8-25(17)7-5-15-23-14-4-2-1-3-11(14)18(26)24-15/h1-4,6,8-10H,5,7H2,(H,23,24,26). The lowest BCUT2D eigenvalue weighted by Gasteiger charge is -2.10. The summed E-state index contributed by atoms with van der Waals surface area (Å²) in [5, 5.41) is 1.44. The topological polar surface area (TPSA) is 76.5 Å². The maximum atomic E-state index is 12.2. The maximum Gasteiger partial charge on any atom is 0.258 e. The van der Waals surface area contributed by atoms with E-state index >= 15 is 0 Å². The predicted molar refractivity (Wildman–Crippen MR) is 102 cm³/mol. The molecule has 6 nitrogen and oxygen atoms in total. The number of nitrogens with one attached hydrogen (secondary N) is 1. The number of hydrogen-bond donors (Lipinski definition) is 1. The van der Waals surface area contributed by atoms with Crippen LogP contribution in [0.1, 0.15) is 5.82 Å². The van der Waals surface area contributed by atoms with Gasteiger partial charge in [-0.2, -0.15) is 0 Å². The van der Waals surface area contributed by atoms with Crippen molar-refractivity contribution in [3.63, 3.8) is 0 Å². The van der Waals surface area contributed by atoms with Crippen LogP contribution in [0.25, 0.3) is 22.3 Å². The largest absolute Gasteiger partial charge is 0.330 e. The third-order valence-corrected chi connectivity index (χ3v) is 4.62. The van der Waals surface area contributed by atoms with E-state index in [9.17, 15) is 4.79 Å². The van der Waals surface area contributed by atoms with Crippen LogP contribution in [-0.4, -0.2) is 24.5 Å². The lowest BCUT2D eigenvalue weighted by Crippen LogP contribution is -2.14. The first-order chi connectivity index (χ1) is 12.6. The van der Waals surface area contributed by atoms with Crippen molar-refractivity contribution >= 4 is 34.1 Å². The number of H-pyrrole nitrogens is 1. The van der Waals surface area contributed by atoms with Crippen LogP contribution < -0.4 is 5.56 Å². The van der Waals surface area contributed by atoms with Crippen LogP contribution in [0.5, 0.6) is 0 Å². The van der Waals surface area contributed by atoms with Gasteiger partial charge in [-0.25, -0.2) is 9.97 Å². The highest BCUT2D eigenvalue weighted by Crippen LogP contribution is 2.32. The van der Waals surface area contributed by atoms with Gasteiger partial charge in [0.1, 0.15) is 11.6 Å². The molecule has 0 fully saturated rings. The molecule has 0 aliphatic carbocycles. The smallest absolute Gasteiger partial charge is 0.258 e. The summed E-state index contributed by atoms with van der Waals surface area (Å²) >= 11 is 12.5. The molecule has 0 aliphatic rings. The number of fused-ring (bicyclic) bond motifs is 1. The number of aromatic amines is 1. The van der Waals surface area contributed by atoms with Crippen LogP contribution in [0.2, 0.25) is 10.0 Å². The molecular weight excluding hydrogens is 373 g/mol. The lowest BCUT2D eigenvalue weighted by molar-refractivity contribution is 0.678. The van der Waals surface area contributed by atoms with Gasteiger partial charge in [0.05, 0.1) is 26.5 Å². The van der Waals surface area contributed by atoms with Crippen molar-refractivity contribution in [1.82, 2.24) is 24.5 Å². The number of hydrogen-bond acceptors (Lipinski definition) is 4. The molecule has 8 heteroatoms. The monoisotopic (exact) mass is 385 g/mol. The Morgan fingerprint density at radius 3 is 2.69 bits per heavy atom. The van der Waals surface area contributed by atoms with Crippen molar-refractivity contribution in [3.8, 4) is 11.4 Å². The van der Waals surface area contributed by atoms with E-state index in [-0.39, 0.29) is 5.56 Å². The zero-order valence-corrected chi connectivity index (χ0v) is 15.0. The van der Waals surface area contributed by atoms with Gasteiger partial charge in [-0.15, -0.1) is 0 Å². The van der Waals surface area contributed by atoms with Crippen LogP contribution in [0.15, 0.2) is 53.8 Å². The Bertz CT molecular complexity index is 1130. The second-order valence-electron chi connectivity index (χ2n) is 5.70. The second-order valence-corrected chi connectivity index (χ2v) is 6.52. The number of aryl methyl sites for hydroxylation is 2. The summed E-state index contributed by atoms with van der Waals surface area (Å²) in [6.07, 6.45) is 7.11. The minimum Gasteiger partial charge on any atom is -0.330 e. The number of halogens is 2. The number of rotatable bonds is 4. The SMILES string of the molecule is O=c1[nH]c(CCn2ccnc2-c2c(Cl)cncc2Cl)nc2ccccc12. The quantitative estimate of drug-likeness (QED) is 0.580. The third-order valence-electron chi connectivity index (χ3n) is 4.04.